The van der Waals surface area contributed by atoms with Crippen molar-refractivity contribution in [3.8, 4) is 17.1 Å². The number of amides is 1. The van der Waals surface area contributed by atoms with Crippen LogP contribution in [0.4, 0.5) is 0 Å². The molecule has 0 bridgehead atoms. The van der Waals surface area contributed by atoms with Crippen molar-refractivity contribution >= 4 is 5.91 Å². The largest absolute Gasteiger partial charge is 0.497 e. The molecule has 1 atom stereocenters. The molecule has 6 heteroatoms. The number of benzene rings is 2. The van der Waals surface area contributed by atoms with Gasteiger partial charge in [-0.05, 0) is 29.8 Å². The molecule has 2 aromatic heterocycles. The lowest BCUT2D eigenvalue weighted by molar-refractivity contribution is -0.121. The Morgan fingerprint density at radius 1 is 1.10 bits per heavy atom. The summed E-state index contributed by atoms with van der Waals surface area (Å²) < 4.78 is 13.1. The van der Waals surface area contributed by atoms with Crippen molar-refractivity contribution in [2.24, 2.45) is 7.05 Å². The highest BCUT2D eigenvalue weighted by Gasteiger charge is 2.21. The Bertz CT molecular complexity index is 1130. The Morgan fingerprint density at radius 3 is 2.55 bits per heavy atom. The zero-order valence-corrected chi connectivity index (χ0v) is 17.6. The molecule has 0 spiro atoms. The van der Waals surface area contributed by atoms with Crippen LogP contribution in [0.1, 0.15) is 29.6 Å². The van der Waals surface area contributed by atoms with Crippen LogP contribution in [0.2, 0.25) is 0 Å². The third kappa shape index (κ3) is 4.86. The number of aryl methyl sites for hydroxylation is 2. The summed E-state index contributed by atoms with van der Waals surface area (Å²) >= 11 is 0. The Hall–Kier alpha value is -3.80. The van der Waals surface area contributed by atoms with Crippen LogP contribution in [0.15, 0.2) is 83.5 Å². The second-order valence-electron chi connectivity index (χ2n) is 7.30. The molecule has 1 amide bonds. The highest BCUT2D eigenvalue weighted by molar-refractivity contribution is 5.77. The van der Waals surface area contributed by atoms with Gasteiger partial charge in [-0.15, -0.1) is 0 Å². The summed E-state index contributed by atoms with van der Waals surface area (Å²) in [5.41, 5.74) is 1.96. The molecule has 6 nitrogen and oxygen atoms in total. The lowest BCUT2D eigenvalue weighted by atomic mass is 10.1. The summed E-state index contributed by atoms with van der Waals surface area (Å²) in [6.07, 6.45) is 4.44. The number of carbonyl (C=O) groups excluding carboxylic acids is 1. The van der Waals surface area contributed by atoms with E-state index in [1.165, 1.54) is 0 Å². The first-order valence-electron chi connectivity index (χ1n) is 10.2. The smallest absolute Gasteiger partial charge is 0.221 e. The lowest BCUT2D eigenvalue weighted by Crippen LogP contribution is -2.31. The fraction of sp³-hybridized carbons (Fsp3) is 0.200. The van der Waals surface area contributed by atoms with E-state index in [1.807, 2.05) is 84.5 Å². The summed E-state index contributed by atoms with van der Waals surface area (Å²) in [5.74, 6) is 3.05. The van der Waals surface area contributed by atoms with Crippen LogP contribution in [-0.2, 0) is 18.3 Å². The first-order chi connectivity index (χ1) is 15.1. The minimum Gasteiger partial charge on any atom is -0.497 e. The Balaban J connectivity index is 1.44. The molecule has 2 heterocycles. The Kier molecular flexibility index (Phi) is 6.17. The first kappa shape index (κ1) is 20.5. The van der Waals surface area contributed by atoms with E-state index < -0.39 is 0 Å². The molecule has 0 unspecified atom stereocenters. The molecule has 0 radical (unpaired) electrons. The topological polar surface area (TPSA) is 69.3 Å². The average Bonchev–Trinajstić information content (AvgIpc) is 3.46. The summed E-state index contributed by atoms with van der Waals surface area (Å²) in [5, 5.41) is 3.12. The van der Waals surface area contributed by atoms with Gasteiger partial charge >= 0.3 is 0 Å². The summed E-state index contributed by atoms with van der Waals surface area (Å²) in [7, 11) is 3.55. The molecule has 158 valence electrons. The highest BCUT2D eigenvalue weighted by atomic mass is 16.5. The van der Waals surface area contributed by atoms with Crippen molar-refractivity contribution < 1.29 is 13.9 Å². The van der Waals surface area contributed by atoms with Crippen LogP contribution in [0.3, 0.4) is 0 Å². The minimum atomic E-state index is -0.352. The quantitative estimate of drug-likeness (QED) is 0.459. The van der Waals surface area contributed by atoms with Gasteiger partial charge in [0.25, 0.3) is 0 Å². The van der Waals surface area contributed by atoms with Crippen LogP contribution in [0.5, 0.6) is 5.75 Å². The van der Waals surface area contributed by atoms with Crippen molar-refractivity contribution in [1.82, 2.24) is 14.9 Å². The molecule has 4 aromatic rings. The molecular weight excluding hydrogens is 390 g/mol. The number of ether oxygens (including phenoxy) is 1. The zero-order valence-electron chi connectivity index (χ0n) is 17.6. The van der Waals surface area contributed by atoms with Gasteiger partial charge in [-0.25, -0.2) is 4.98 Å². The van der Waals surface area contributed by atoms with Gasteiger partial charge in [-0.1, -0.05) is 42.5 Å². The number of methoxy groups -OCH3 is 1. The predicted octanol–water partition coefficient (Wildman–Crippen LogP) is 4.53. The monoisotopic (exact) mass is 415 g/mol. The van der Waals surface area contributed by atoms with Gasteiger partial charge in [0.2, 0.25) is 5.91 Å². The standard InChI is InChI=1S/C25H25N3O3/c1-28-17-16-26-25(28)24(19-8-10-20(30-2)11-9-19)27-23(29)15-13-21-12-14-22(31-21)18-6-4-3-5-7-18/h3-12,14,16-17,24H,13,15H2,1-2H3,(H,27,29)/t24-/m0/s1. The fourth-order valence-corrected chi connectivity index (χ4v) is 3.49. The molecule has 0 aliphatic rings. The van der Waals surface area contributed by atoms with Crippen LogP contribution in [0.25, 0.3) is 11.3 Å². The molecule has 0 aliphatic heterocycles. The van der Waals surface area contributed by atoms with E-state index in [2.05, 4.69) is 10.3 Å². The third-order valence-corrected chi connectivity index (χ3v) is 5.19. The van der Waals surface area contributed by atoms with Crippen molar-refractivity contribution in [3.63, 3.8) is 0 Å². The maximum Gasteiger partial charge on any atom is 0.221 e. The van der Waals surface area contributed by atoms with Crippen LogP contribution >= 0.6 is 0 Å². The maximum atomic E-state index is 12.8. The van der Waals surface area contributed by atoms with Gasteiger partial charge in [-0.3, -0.25) is 4.79 Å². The van der Waals surface area contributed by atoms with E-state index in [0.29, 0.717) is 12.8 Å². The van der Waals surface area contributed by atoms with Gasteiger partial charge in [0.15, 0.2) is 0 Å². The van der Waals surface area contributed by atoms with Crippen molar-refractivity contribution in [2.45, 2.75) is 18.9 Å². The first-order valence-corrected chi connectivity index (χ1v) is 10.2. The molecule has 31 heavy (non-hydrogen) atoms. The lowest BCUT2D eigenvalue weighted by Gasteiger charge is -2.19. The number of aromatic nitrogens is 2. The number of furan rings is 1. The van der Waals surface area contributed by atoms with E-state index in [9.17, 15) is 4.79 Å². The van der Waals surface area contributed by atoms with E-state index in [4.69, 9.17) is 9.15 Å². The molecule has 2 aromatic carbocycles. The normalized spacial score (nSPS) is 11.8. The van der Waals surface area contributed by atoms with Crippen LogP contribution in [0, 0.1) is 0 Å². The molecule has 1 N–H and O–H groups in total. The molecular formula is C25H25N3O3. The number of nitrogens with one attached hydrogen (secondary N) is 1. The fourth-order valence-electron chi connectivity index (χ4n) is 3.49. The van der Waals surface area contributed by atoms with Gasteiger partial charge < -0.3 is 19.0 Å². The summed E-state index contributed by atoms with van der Waals surface area (Å²) in [6.45, 7) is 0. The second kappa shape index (κ2) is 9.34. The molecule has 0 saturated heterocycles. The number of carbonyl (C=O) groups is 1. The summed E-state index contributed by atoms with van der Waals surface area (Å²) in [6, 6.07) is 21.1. The molecule has 4 rings (SSSR count). The average molecular weight is 415 g/mol. The van der Waals surface area contributed by atoms with Gasteiger partial charge in [0, 0.05) is 37.8 Å². The highest BCUT2D eigenvalue weighted by Crippen LogP contribution is 2.24. The van der Waals surface area contributed by atoms with Gasteiger partial charge in [0.1, 0.15) is 29.1 Å². The second-order valence-corrected chi connectivity index (χ2v) is 7.30. The van der Waals surface area contributed by atoms with Crippen molar-refractivity contribution in [1.29, 1.82) is 0 Å². The molecule has 0 aliphatic carbocycles. The Morgan fingerprint density at radius 2 is 1.87 bits per heavy atom. The van der Waals surface area contributed by atoms with Crippen molar-refractivity contribution in [3.05, 3.63) is 96.3 Å². The maximum absolute atomic E-state index is 12.8. The van der Waals surface area contributed by atoms with E-state index in [0.717, 1.165) is 34.2 Å². The van der Waals surface area contributed by atoms with E-state index >= 15 is 0 Å². The van der Waals surface area contributed by atoms with E-state index in [1.54, 1.807) is 13.3 Å². The third-order valence-electron chi connectivity index (χ3n) is 5.19. The number of rotatable bonds is 8. The zero-order chi connectivity index (χ0) is 21.6. The van der Waals surface area contributed by atoms with Gasteiger partial charge in [0.05, 0.1) is 7.11 Å². The molecule has 0 fully saturated rings. The van der Waals surface area contributed by atoms with E-state index in [-0.39, 0.29) is 11.9 Å². The van der Waals surface area contributed by atoms with Crippen LogP contribution < -0.4 is 10.1 Å². The van der Waals surface area contributed by atoms with Crippen LogP contribution in [-0.4, -0.2) is 22.6 Å². The summed E-state index contributed by atoms with van der Waals surface area (Å²) in [4.78, 5) is 17.2. The minimum absolute atomic E-state index is 0.0681. The SMILES string of the molecule is COc1ccc([C@H](NC(=O)CCc2ccc(-c3ccccc3)o2)c2nccn2C)cc1. The van der Waals surface area contributed by atoms with Gasteiger partial charge in [-0.2, -0.15) is 0 Å². The molecule has 0 saturated carbocycles. The number of hydrogen-bond acceptors (Lipinski definition) is 4. The number of nitrogens with zero attached hydrogens (tertiary/aromatic N) is 2. The Labute approximate surface area is 181 Å². The predicted molar refractivity (Wildman–Crippen MR) is 119 cm³/mol. The number of imidazole rings is 1. The number of hydrogen-bond donors (Lipinski definition) is 1. The van der Waals surface area contributed by atoms with Crippen molar-refractivity contribution in [2.75, 3.05) is 7.11 Å².